The Bertz CT molecular complexity index is 217. The molecule has 0 aromatic rings. The van der Waals surface area contributed by atoms with Crippen molar-refractivity contribution in [3.63, 3.8) is 0 Å². The van der Waals surface area contributed by atoms with Crippen molar-refractivity contribution >= 4 is 0 Å². The summed E-state index contributed by atoms with van der Waals surface area (Å²) in [6.45, 7) is 10.4. The second-order valence-electron chi connectivity index (χ2n) is 4.01. The van der Waals surface area contributed by atoms with Gasteiger partial charge in [-0.2, -0.15) is 0 Å². The van der Waals surface area contributed by atoms with Gasteiger partial charge in [-0.15, -0.1) is 0 Å². The lowest BCUT2D eigenvalue weighted by Gasteiger charge is -2.21. The van der Waals surface area contributed by atoms with Crippen molar-refractivity contribution in [1.29, 1.82) is 0 Å². The first-order valence-electron chi connectivity index (χ1n) is 5.78. The summed E-state index contributed by atoms with van der Waals surface area (Å²) in [5.41, 5.74) is 0.136. The predicted molar refractivity (Wildman–Crippen MR) is 62.9 cm³/mol. The molecule has 0 saturated carbocycles. The zero-order chi connectivity index (χ0) is 11.1. The van der Waals surface area contributed by atoms with Gasteiger partial charge in [-0.3, -0.25) is 0 Å². The third-order valence-corrected chi connectivity index (χ3v) is 3.16. The first-order chi connectivity index (χ1) is 7.29. The largest absolute Gasteiger partial charge is 0.377 e. The lowest BCUT2D eigenvalue weighted by molar-refractivity contribution is 0.0741. The highest BCUT2D eigenvalue weighted by Crippen LogP contribution is 2.40. The summed E-state index contributed by atoms with van der Waals surface area (Å²) < 4.78 is 11.2. The zero-order valence-corrected chi connectivity index (χ0v) is 9.87. The molecule has 2 heteroatoms. The fraction of sp³-hybridized carbons (Fsp3) is 0.692. The molecule has 1 rings (SSSR count). The summed E-state index contributed by atoms with van der Waals surface area (Å²) in [6.07, 6.45) is 7.87. The summed E-state index contributed by atoms with van der Waals surface area (Å²) in [7, 11) is 0. The predicted octanol–water partition coefficient (Wildman–Crippen LogP) is 2.95. The third kappa shape index (κ3) is 3.47. The summed E-state index contributed by atoms with van der Waals surface area (Å²) >= 11 is 0. The van der Waals surface area contributed by atoms with Gasteiger partial charge in [0.1, 0.15) is 0 Å². The summed E-state index contributed by atoms with van der Waals surface area (Å²) in [5.74, 6) is 0.541. The van der Waals surface area contributed by atoms with Crippen LogP contribution >= 0.6 is 0 Å². The van der Waals surface area contributed by atoms with Gasteiger partial charge in [0, 0.05) is 5.92 Å². The summed E-state index contributed by atoms with van der Waals surface area (Å²) in [4.78, 5) is 0. The Kier molecular flexibility index (Phi) is 5.06. The van der Waals surface area contributed by atoms with E-state index in [0.717, 1.165) is 26.1 Å². The molecule has 2 atom stereocenters. The first kappa shape index (κ1) is 12.5. The van der Waals surface area contributed by atoms with E-state index in [1.165, 1.54) is 0 Å². The van der Waals surface area contributed by atoms with E-state index < -0.39 is 0 Å². The van der Waals surface area contributed by atoms with Crippen LogP contribution in [-0.4, -0.2) is 25.4 Å². The smallest absolute Gasteiger partial charge is 0.0963 e. The van der Waals surface area contributed by atoms with E-state index in [9.17, 15) is 0 Å². The second-order valence-corrected chi connectivity index (χ2v) is 4.01. The molecule has 1 fully saturated rings. The van der Waals surface area contributed by atoms with Gasteiger partial charge < -0.3 is 9.47 Å². The number of epoxide rings is 1. The molecule has 1 aliphatic rings. The minimum absolute atomic E-state index is 0.136. The monoisotopic (exact) mass is 210 g/mol. The minimum Gasteiger partial charge on any atom is -0.377 e. The van der Waals surface area contributed by atoms with Gasteiger partial charge in [0.25, 0.3) is 0 Å². The van der Waals surface area contributed by atoms with Crippen LogP contribution in [0, 0.1) is 5.92 Å². The van der Waals surface area contributed by atoms with Crippen molar-refractivity contribution in [2.45, 2.75) is 32.3 Å². The van der Waals surface area contributed by atoms with Gasteiger partial charge in [-0.25, -0.2) is 0 Å². The number of hydrogen-bond donors (Lipinski definition) is 0. The molecule has 2 nitrogen and oxygen atoms in total. The van der Waals surface area contributed by atoms with Crippen LogP contribution in [0.15, 0.2) is 24.8 Å². The van der Waals surface area contributed by atoms with Crippen molar-refractivity contribution in [3.05, 3.63) is 24.8 Å². The lowest BCUT2D eigenvalue weighted by Crippen LogP contribution is -2.27. The Hall–Kier alpha value is -0.600. The van der Waals surface area contributed by atoms with Gasteiger partial charge in [-0.1, -0.05) is 38.7 Å². The lowest BCUT2D eigenvalue weighted by atomic mass is 9.89. The fourth-order valence-electron chi connectivity index (χ4n) is 1.89. The first-order valence-corrected chi connectivity index (χ1v) is 5.78. The fourth-order valence-corrected chi connectivity index (χ4v) is 1.89. The van der Waals surface area contributed by atoms with Crippen molar-refractivity contribution in [2.24, 2.45) is 5.92 Å². The Morgan fingerprint density at radius 3 is 2.73 bits per heavy atom. The van der Waals surface area contributed by atoms with Crippen LogP contribution in [0.2, 0.25) is 0 Å². The number of hydrogen-bond acceptors (Lipinski definition) is 2. The molecule has 1 saturated heterocycles. The van der Waals surface area contributed by atoms with Crippen molar-refractivity contribution in [1.82, 2.24) is 0 Å². The van der Waals surface area contributed by atoms with Gasteiger partial charge in [0.15, 0.2) is 0 Å². The highest BCUT2D eigenvalue weighted by atomic mass is 16.6. The minimum atomic E-state index is 0.136. The Labute approximate surface area is 93.0 Å². The topological polar surface area (TPSA) is 21.8 Å². The maximum atomic E-state index is 5.60. The molecule has 0 radical (unpaired) electrons. The zero-order valence-electron chi connectivity index (χ0n) is 9.87. The SMILES string of the molecule is C=C/C=C/COCC(CC)C1(CC)CO1. The molecule has 86 valence electrons. The van der Waals surface area contributed by atoms with Gasteiger partial charge in [0.2, 0.25) is 0 Å². The Morgan fingerprint density at radius 2 is 2.27 bits per heavy atom. The average molecular weight is 210 g/mol. The molecule has 0 bridgehead atoms. The highest BCUT2D eigenvalue weighted by molar-refractivity contribution is 4.98. The summed E-state index contributed by atoms with van der Waals surface area (Å²) in [5, 5.41) is 0. The molecule has 15 heavy (non-hydrogen) atoms. The molecule has 0 aromatic carbocycles. The molecule has 1 aliphatic heterocycles. The van der Waals surface area contributed by atoms with Gasteiger partial charge >= 0.3 is 0 Å². The van der Waals surface area contributed by atoms with Crippen LogP contribution < -0.4 is 0 Å². The quantitative estimate of drug-likeness (QED) is 0.349. The normalized spacial score (nSPS) is 26.8. The number of allylic oxidation sites excluding steroid dienone is 2. The molecule has 1 heterocycles. The molecule has 2 unspecified atom stereocenters. The Balaban J connectivity index is 2.23. The molecule has 0 N–H and O–H groups in total. The molecule has 0 amide bonds. The van der Waals surface area contributed by atoms with Crippen LogP contribution in [0.25, 0.3) is 0 Å². The van der Waals surface area contributed by atoms with E-state index in [4.69, 9.17) is 9.47 Å². The third-order valence-electron chi connectivity index (χ3n) is 3.16. The highest BCUT2D eigenvalue weighted by Gasteiger charge is 2.48. The van der Waals surface area contributed by atoms with Crippen molar-refractivity contribution in [2.75, 3.05) is 19.8 Å². The van der Waals surface area contributed by atoms with Gasteiger partial charge in [-0.05, 0) is 12.8 Å². The van der Waals surface area contributed by atoms with E-state index in [1.807, 2.05) is 12.2 Å². The van der Waals surface area contributed by atoms with Crippen molar-refractivity contribution < 1.29 is 9.47 Å². The van der Waals surface area contributed by atoms with Gasteiger partial charge in [0.05, 0.1) is 25.4 Å². The van der Waals surface area contributed by atoms with E-state index in [0.29, 0.717) is 12.5 Å². The molecular weight excluding hydrogens is 188 g/mol. The standard InChI is InChI=1S/C13H22O2/c1-4-7-8-9-14-10-12(5-2)13(6-3)11-15-13/h4,7-8,12H,1,5-6,9-11H2,2-3H3/b8-7+. The summed E-state index contributed by atoms with van der Waals surface area (Å²) in [6, 6.07) is 0. The van der Waals surface area contributed by atoms with E-state index in [-0.39, 0.29) is 5.60 Å². The maximum Gasteiger partial charge on any atom is 0.0963 e. The van der Waals surface area contributed by atoms with E-state index >= 15 is 0 Å². The van der Waals surface area contributed by atoms with Crippen LogP contribution in [0.5, 0.6) is 0 Å². The molecule has 0 aromatic heterocycles. The molecule has 0 spiro atoms. The van der Waals surface area contributed by atoms with E-state index in [1.54, 1.807) is 6.08 Å². The van der Waals surface area contributed by atoms with Crippen LogP contribution in [0.3, 0.4) is 0 Å². The average Bonchev–Trinajstić information content (AvgIpc) is 3.04. The molecule has 0 aliphatic carbocycles. The Morgan fingerprint density at radius 1 is 1.53 bits per heavy atom. The molecular formula is C13H22O2. The van der Waals surface area contributed by atoms with Crippen molar-refractivity contribution in [3.8, 4) is 0 Å². The van der Waals surface area contributed by atoms with Crippen LogP contribution in [0.4, 0.5) is 0 Å². The maximum absolute atomic E-state index is 5.60. The van der Waals surface area contributed by atoms with Crippen LogP contribution in [-0.2, 0) is 9.47 Å². The second kappa shape index (κ2) is 6.09. The number of rotatable bonds is 8. The van der Waals surface area contributed by atoms with E-state index in [2.05, 4.69) is 20.4 Å². The number of ether oxygens (including phenoxy) is 2. The van der Waals surface area contributed by atoms with Crippen LogP contribution in [0.1, 0.15) is 26.7 Å².